The highest BCUT2D eigenvalue weighted by Gasteiger charge is 2.32. The van der Waals surface area contributed by atoms with Crippen molar-refractivity contribution in [3.05, 3.63) is 66.2 Å². The molecule has 0 aliphatic carbocycles. The monoisotopic (exact) mass is 287 g/mol. The lowest BCUT2D eigenvalue weighted by atomic mass is 10.1. The molecule has 0 radical (unpaired) electrons. The number of hydrogen-bond donors (Lipinski definition) is 0. The minimum atomic E-state index is -3.55. The Balaban J connectivity index is 1.84. The molecule has 1 aliphatic rings. The summed E-state index contributed by atoms with van der Waals surface area (Å²) >= 11 is 0. The fourth-order valence-corrected chi connectivity index (χ4v) is 3.40. The van der Waals surface area contributed by atoms with Gasteiger partial charge in [-0.15, -0.1) is 0 Å². The quantitative estimate of drug-likeness (QED) is 0.853. The molecule has 3 rings (SSSR count). The molecule has 2 aromatic carbocycles. The number of oxime groups is 1. The van der Waals surface area contributed by atoms with Crippen LogP contribution in [-0.2, 0) is 14.7 Å². The van der Waals surface area contributed by atoms with Gasteiger partial charge in [-0.05, 0) is 17.7 Å². The van der Waals surface area contributed by atoms with Gasteiger partial charge in [0, 0.05) is 6.42 Å². The van der Waals surface area contributed by atoms with E-state index >= 15 is 0 Å². The van der Waals surface area contributed by atoms with E-state index in [1.165, 1.54) is 0 Å². The first-order valence-corrected chi connectivity index (χ1v) is 7.74. The van der Waals surface area contributed by atoms with Gasteiger partial charge in [0.15, 0.2) is 11.1 Å². The van der Waals surface area contributed by atoms with Crippen LogP contribution in [0.5, 0.6) is 0 Å². The van der Waals surface area contributed by atoms with Crippen LogP contribution in [0.2, 0.25) is 0 Å². The Morgan fingerprint density at radius 1 is 0.950 bits per heavy atom. The Bertz CT molecular complexity index is 724. The molecule has 0 saturated heterocycles. The van der Waals surface area contributed by atoms with Gasteiger partial charge in [-0.2, -0.15) is 0 Å². The van der Waals surface area contributed by atoms with E-state index in [1.807, 2.05) is 30.3 Å². The van der Waals surface area contributed by atoms with Crippen LogP contribution in [0, 0.1) is 0 Å². The van der Waals surface area contributed by atoms with Crippen molar-refractivity contribution in [1.29, 1.82) is 0 Å². The first kappa shape index (κ1) is 12.9. The van der Waals surface area contributed by atoms with E-state index < -0.39 is 9.84 Å². The van der Waals surface area contributed by atoms with E-state index in [4.69, 9.17) is 4.84 Å². The molecular weight excluding hydrogens is 274 g/mol. The second-order valence-electron chi connectivity index (χ2n) is 4.51. The molecule has 2 aromatic rings. The molecular formula is C15H13NO3S. The molecule has 1 heterocycles. The zero-order valence-corrected chi connectivity index (χ0v) is 11.5. The van der Waals surface area contributed by atoms with Crippen LogP contribution in [0.25, 0.3) is 0 Å². The maximum absolute atomic E-state index is 12.4. The lowest BCUT2D eigenvalue weighted by Gasteiger charge is -2.07. The molecule has 0 aromatic heterocycles. The van der Waals surface area contributed by atoms with Crippen LogP contribution < -0.4 is 0 Å². The first-order chi connectivity index (χ1) is 9.68. The third-order valence-corrected chi connectivity index (χ3v) is 4.93. The second kappa shape index (κ2) is 5.09. The third kappa shape index (κ3) is 2.32. The van der Waals surface area contributed by atoms with Crippen LogP contribution >= 0.6 is 0 Å². The van der Waals surface area contributed by atoms with Crippen molar-refractivity contribution in [1.82, 2.24) is 0 Å². The topological polar surface area (TPSA) is 55.7 Å². The highest BCUT2D eigenvalue weighted by atomic mass is 32.2. The summed E-state index contributed by atoms with van der Waals surface area (Å²) in [6.45, 7) is 0. The second-order valence-corrected chi connectivity index (χ2v) is 6.46. The maximum Gasteiger partial charge on any atom is 0.223 e. The predicted molar refractivity (Wildman–Crippen MR) is 75.9 cm³/mol. The normalized spacial score (nSPS) is 18.4. The Morgan fingerprint density at radius 3 is 2.20 bits per heavy atom. The lowest BCUT2D eigenvalue weighted by Crippen LogP contribution is -2.14. The summed E-state index contributed by atoms with van der Waals surface area (Å²) in [6, 6.07) is 17.8. The van der Waals surface area contributed by atoms with Crippen molar-refractivity contribution >= 4 is 14.9 Å². The van der Waals surface area contributed by atoms with Gasteiger partial charge in [0.25, 0.3) is 0 Å². The van der Waals surface area contributed by atoms with Crippen molar-refractivity contribution in [2.75, 3.05) is 0 Å². The fourth-order valence-electron chi connectivity index (χ4n) is 2.10. The van der Waals surface area contributed by atoms with Crippen molar-refractivity contribution in [3.63, 3.8) is 0 Å². The highest BCUT2D eigenvalue weighted by Crippen LogP contribution is 2.30. The molecule has 4 nitrogen and oxygen atoms in total. The molecule has 0 saturated carbocycles. The molecule has 1 unspecified atom stereocenters. The molecule has 5 heteroatoms. The standard InChI is InChI=1S/C15H13NO3S/c17-20(18,13-9-5-2-6-10-13)15-11-14(19-16-15)12-7-3-1-4-8-12/h1-10,14H,11H2. The van der Waals surface area contributed by atoms with Gasteiger partial charge in [-0.1, -0.05) is 53.7 Å². The van der Waals surface area contributed by atoms with Gasteiger partial charge in [0.1, 0.15) is 0 Å². The number of sulfone groups is 1. The van der Waals surface area contributed by atoms with Crippen LogP contribution in [0.4, 0.5) is 0 Å². The maximum atomic E-state index is 12.4. The average molecular weight is 287 g/mol. The number of nitrogens with zero attached hydrogens (tertiary/aromatic N) is 1. The van der Waals surface area contributed by atoms with Crippen molar-refractivity contribution in [2.24, 2.45) is 5.16 Å². The van der Waals surface area contributed by atoms with Gasteiger partial charge >= 0.3 is 0 Å². The minimum absolute atomic E-state index is 0.0811. The Labute approximate surface area is 117 Å². The third-order valence-electron chi connectivity index (χ3n) is 3.18. The molecule has 0 bridgehead atoms. The van der Waals surface area contributed by atoms with Gasteiger partial charge in [-0.3, -0.25) is 0 Å². The summed E-state index contributed by atoms with van der Waals surface area (Å²) in [5, 5.41) is 3.85. The van der Waals surface area contributed by atoms with Crippen LogP contribution in [0.15, 0.2) is 70.7 Å². The zero-order valence-electron chi connectivity index (χ0n) is 10.6. The Kier molecular flexibility index (Phi) is 3.28. The summed E-state index contributed by atoms with van der Waals surface area (Å²) in [6.07, 6.45) is -0.0639. The van der Waals surface area contributed by atoms with Crippen molar-refractivity contribution < 1.29 is 13.3 Å². The molecule has 20 heavy (non-hydrogen) atoms. The molecule has 1 atom stereocenters. The van der Waals surface area contributed by atoms with E-state index in [-0.39, 0.29) is 22.5 Å². The van der Waals surface area contributed by atoms with E-state index in [0.717, 1.165) is 5.56 Å². The summed E-state index contributed by atoms with van der Waals surface area (Å²) in [4.78, 5) is 5.51. The summed E-state index contributed by atoms with van der Waals surface area (Å²) < 4.78 is 24.8. The molecule has 0 N–H and O–H groups in total. The Morgan fingerprint density at radius 2 is 1.55 bits per heavy atom. The lowest BCUT2D eigenvalue weighted by molar-refractivity contribution is 0.0858. The largest absolute Gasteiger partial charge is 0.386 e. The van der Waals surface area contributed by atoms with E-state index in [9.17, 15) is 8.42 Å². The molecule has 0 amide bonds. The van der Waals surface area contributed by atoms with Gasteiger partial charge in [0.2, 0.25) is 9.84 Å². The highest BCUT2D eigenvalue weighted by molar-refractivity contribution is 8.06. The van der Waals surface area contributed by atoms with Crippen LogP contribution in [-0.4, -0.2) is 13.5 Å². The first-order valence-electron chi connectivity index (χ1n) is 6.26. The number of rotatable bonds is 2. The molecule has 0 fully saturated rings. The zero-order chi connectivity index (χ0) is 14.0. The van der Waals surface area contributed by atoms with Crippen molar-refractivity contribution in [3.8, 4) is 0 Å². The Hall–Kier alpha value is -2.14. The van der Waals surface area contributed by atoms with E-state index in [0.29, 0.717) is 0 Å². The molecule has 102 valence electrons. The molecule has 0 spiro atoms. The summed E-state index contributed by atoms with van der Waals surface area (Å²) in [5.74, 6) is 0. The van der Waals surface area contributed by atoms with Crippen molar-refractivity contribution in [2.45, 2.75) is 17.4 Å². The fraction of sp³-hybridized carbons (Fsp3) is 0.133. The van der Waals surface area contributed by atoms with Gasteiger partial charge < -0.3 is 4.84 Å². The SMILES string of the molecule is O=S(=O)(C1=NOC(c2ccccc2)C1)c1ccccc1. The van der Waals surface area contributed by atoms with E-state index in [2.05, 4.69) is 5.16 Å². The molecule has 1 aliphatic heterocycles. The minimum Gasteiger partial charge on any atom is -0.386 e. The number of benzene rings is 2. The number of hydrogen-bond acceptors (Lipinski definition) is 4. The smallest absolute Gasteiger partial charge is 0.223 e. The summed E-state index contributed by atoms with van der Waals surface area (Å²) in [7, 11) is -3.55. The van der Waals surface area contributed by atoms with Crippen LogP contribution in [0.1, 0.15) is 18.1 Å². The van der Waals surface area contributed by atoms with Gasteiger partial charge in [0.05, 0.1) is 4.90 Å². The van der Waals surface area contributed by atoms with E-state index in [1.54, 1.807) is 30.3 Å². The van der Waals surface area contributed by atoms with Crippen LogP contribution in [0.3, 0.4) is 0 Å². The summed E-state index contributed by atoms with van der Waals surface area (Å²) in [5.41, 5.74) is 0.925. The van der Waals surface area contributed by atoms with Gasteiger partial charge in [-0.25, -0.2) is 8.42 Å². The average Bonchev–Trinajstić information content (AvgIpc) is 3.00. The predicted octanol–water partition coefficient (Wildman–Crippen LogP) is 2.94.